The summed E-state index contributed by atoms with van der Waals surface area (Å²) in [5, 5.41) is 0.640. The second-order valence-corrected chi connectivity index (χ2v) is 4.61. The van der Waals surface area contributed by atoms with Crippen LogP contribution in [0, 0.1) is 12.7 Å². The zero-order valence-corrected chi connectivity index (χ0v) is 10.4. The van der Waals surface area contributed by atoms with Gasteiger partial charge in [-0.05, 0) is 51.1 Å². The molecule has 0 fully saturated rings. The van der Waals surface area contributed by atoms with E-state index in [2.05, 4.69) is 18.7 Å². The van der Waals surface area contributed by atoms with E-state index in [0.29, 0.717) is 23.2 Å². The van der Waals surface area contributed by atoms with Gasteiger partial charge in [0.05, 0.1) is 0 Å². The summed E-state index contributed by atoms with van der Waals surface area (Å²) in [6, 6.07) is 3.63. The van der Waals surface area contributed by atoms with Crippen LogP contribution in [0.1, 0.15) is 25.0 Å². The smallest absolute Gasteiger partial charge is 0.126 e. The van der Waals surface area contributed by atoms with Gasteiger partial charge < -0.3 is 0 Å². The highest BCUT2D eigenvalue weighted by atomic mass is 35.5. The van der Waals surface area contributed by atoms with Gasteiger partial charge in [0.2, 0.25) is 0 Å². The first-order valence-electron chi connectivity index (χ1n) is 5.06. The second-order valence-electron chi connectivity index (χ2n) is 4.20. The Morgan fingerprint density at radius 1 is 1.40 bits per heavy atom. The van der Waals surface area contributed by atoms with E-state index in [9.17, 15) is 4.39 Å². The van der Waals surface area contributed by atoms with E-state index in [1.54, 1.807) is 13.0 Å². The summed E-state index contributed by atoms with van der Waals surface area (Å²) in [4.78, 5) is 2.12. The van der Waals surface area contributed by atoms with Crippen molar-refractivity contribution in [2.45, 2.75) is 33.4 Å². The molecule has 84 valence electrons. The Morgan fingerprint density at radius 2 is 2.00 bits per heavy atom. The van der Waals surface area contributed by atoms with Gasteiger partial charge in [0, 0.05) is 17.6 Å². The number of benzene rings is 1. The molecule has 0 aromatic heterocycles. The predicted octanol–water partition coefficient (Wildman–Crippen LogP) is 3.63. The molecule has 3 heteroatoms. The predicted molar refractivity (Wildman–Crippen MR) is 62.8 cm³/mol. The lowest BCUT2D eigenvalue weighted by Crippen LogP contribution is -2.25. The van der Waals surface area contributed by atoms with Crippen molar-refractivity contribution in [2.24, 2.45) is 0 Å². The van der Waals surface area contributed by atoms with Crippen LogP contribution in [0.2, 0.25) is 5.02 Å². The summed E-state index contributed by atoms with van der Waals surface area (Å²) in [5.74, 6) is -0.188. The molecule has 0 bridgehead atoms. The monoisotopic (exact) mass is 229 g/mol. The van der Waals surface area contributed by atoms with Gasteiger partial charge in [-0.1, -0.05) is 11.6 Å². The molecule has 0 heterocycles. The molecule has 1 aromatic carbocycles. The zero-order valence-electron chi connectivity index (χ0n) is 9.64. The van der Waals surface area contributed by atoms with E-state index in [1.165, 1.54) is 6.07 Å². The summed E-state index contributed by atoms with van der Waals surface area (Å²) >= 11 is 6.06. The van der Waals surface area contributed by atoms with Gasteiger partial charge in [-0.15, -0.1) is 0 Å². The minimum Gasteiger partial charge on any atom is -0.300 e. The highest BCUT2D eigenvalue weighted by Crippen LogP contribution is 2.22. The van der Waals surface area contributed by atoms with Crippen molar-refractivity contribution < 1.29 is 4.39 Å². The second kappa shape index (κ2) is 4.95. The maximum atomic E-state index is 13.3. The first-order valence-corrected chi connectivity index (χ1v) is 5.44. The molecule has 15 heavy (non-hydrogen) atoms. The fourth-order valence-corrected chi connectivity index (χ4v) is 1.54. The van der Waals surface area contributed by atoms with Crippen LogP contribution in [0.15, 0.2) is 12.1 Å². The molecule has 0 saturated heterocycles. The lowest BCUT2D eigenvalue weighted by atomic mass is 10.1. The van der Waals surface area contributed by atoms with Crippen molar-refractivity contribution in [3.05, 3.63) is 34.1 Å². The molecular formula is C12H17ClFN. The molecule has 0 aliphatic heterocycles. The Kier molecular flexibility index (Phi) is 4.12. The van der Waals surface area contributed by atoms with E-state index in [4.69, 9.17) is 11.6 Å². The van der Waals surface area contributed by atoms with Crippen molar-refractivity contribution in [2.75, 3.05) is 7.05 Å². The fourth-order valence-electron chi connectivity index (χ4n) is 1.26. The van der Waals surface area contributed by atoms with Gasteiger partial charge in [-0.3, -0.25) is 4.90 Å². The Hall–Kier alpha value is -0.600. The van der Waals surface area contributed by atoms with Gasteiger partial charge in [-0.25, -0.2) is 4.39 Å². The largest absolute Gasteiger partial charge is 0.300 e. The minimum atomic E-state index is -0.188. The maximum absolute atomic E-state index is 13.3. The molecule has 0 unspecified atom stereocenters. The molecule has 0 N–H and O–H groups in total. The molecule has 0 aliphatic carbocycles. The van der Waals surface area contributed by atoms with E-state index in [-0.39, 0.29) is 5.82 Å². The molecule has 0 spiro atoms. The summed E-state index contributed by atoms with van der Waals surface area (Å²) in [6.45, 7) is 6.59. The van der Waals surface area contributed by atoms with Crippen molar-refractivity contribution in [1.29, 1.82) is 0 Å². The summed E-state index contributed by atoms with van der Waals surface area (Å²) < 4.78 is 13.3. The van der Waals surface area contributed by atoms with Crippen molar-refractivity contribution in [1.82, 2.24) is 4.90 Å². The van der Waals surface area contributed by atoms with Gasteiger partial charge in [-0.2, -0.15) is 0 Å². The van der Waals surface area contributed by atoms with Crippen LogP contribution in [0.5, 0.6) is 0 Å². The van der Waals surface area contributed by atoms with Gasteiger partial charge in [0.15, 0.2) is 0 Å². The zero-order chi connectivity index (χ0) is 11.6. The van der Waals surface area contributed by atoms with Crippen molar-refractivity contribution in [3.63, 3.8) is 0 Å². The van der Waals surface area contributed by atoms with E-state index in [0.717, 1.165) is 5.56 Å². The number of aryl methyl sites for hydroxylation is 1. The van der Waals surface area contributed by atoms with Crippen LogP contribution in [0.4, 0.5) is 4.39 Å². The molecule has 0 radical (unpaired) electrons. The SMILES string of the molecule is Cc1cc(Cl)c(CN(C)C(C)C)cc1F. The topological polar surface area (TPSA) is 3.24 Å². The normalized spacial score (nSPS) is 11.5. The lowest BCUT2D eigenvalue weighted by molar-refractivity contribution is 0.265. The first kappa shape index (κ1) is 12.5. The Balaban J connectivity index is 2.91. The number of halogens is 2. The molecule has 0 amide bonds. The maximum Gasteiger partial charge on any atom is 0.126 e. The summed E-state index contributed by atoms with van der Waals surface area (Å²) in [7, 11) is 2.00. The van der Waals surface area contributed by atoms with Gasteiger partial charge in [0.1, 0.15) is 5.82 Å². The van der Waals surface area contributed by atoms with Crippen LogP contribution in [0.25, 0.3) is 0 Å². The van der Waals surface area contributed by atoms with Crippen molar-refractivity contribution >= 4 is 11.6 Å². The summed E-state index contributed by atoms with van der Waals surface area (Å²) in [5.41, 5.74) is 1.44. The molecule has 1 aromatic rings. The fraction of sp³-hybridized carbons (Fsp3) is 0.500. The first-order chi connectivity index (χ1) is 6.91. The molecule has 0 aliphatic rings. The van der Waals surface area contributed by atoms with Crippen LogP contribution in [-0.4, -0.2) is 18.0 Å². The number of nitrogens with zero attached hydrogens (tertiary/aromatic N) is 1. The average Bonchev–Trinajstić information content (AvgIpc) is 2.13. The number of hydrogen-bond donors (Lipinski definition) is 0. The Labute approximate surface area is 95.8 Å². The Bertz CT molecular complexity index is 350. The lowest BCUT2D eigenvalue weighted by Gasteiger charge is -2.21. The van der Waals surface area contributed by atoms with E-state index < -0.39 is 0 Å². The standard InChI is InChI=1S/C12H17ClFN/c1-8(2)15(4)7-10-6-12(14)9(3)5-11(10)13/h5-6,8H,7H2,1-4H3. The van der Waals surface area contributed by atoms with Gasteiger partial charge >= 0.3 is 0 Å². The third-order valence-electron chi connectivity index (χ3n) is 2.63. The highest BCUT2D eigenvalue weighted by Gasteiger charge is 2.09. The van der Waals surface area contributed by atoms with Crippen LogP contribution >= 0.6 is 11.6 Å². The molecule has 0 saturated carbocycles. The minimum absolute atomic E-state index is 0.188. The van der Waals surface area contributed by atoms with Crippen molar-refractivity contribution in [3.8, 4) is 0 Å². The quantitative estimate of drug-likeness (QED) is 0.765. The van der Waals surface area contributed by atoms with Crippen LogP contribution in [-0.2, 0) is 6.54 Å². The van der Waals surface area contributed by atoms with E-state index in [1.807, 2.05) is 7.05 Å². The van der Waals surface area contributed by atoms with Gasteiger partial charge in [0.25, 0.3) is 0 Å². The average molecular weight is 230 g/mol. The summed E-state index contributed by atoms with van der Waals surface area (Å²) in [6.07, 6.45) is 0. The molecule has 1 rings (SSSR count). The number of rotatable bonds is 3. The van der Waals surface area contributed by atoms with Crippen LogP contribution in [0.3, 0.4) is 0 Å². The third-order valence-corrected chi connectivity index (χ3v) is 2.98. The number of hydrogen-bond acceptors (Lipinski definition) is 1. The van der Waals surface area contributed by atoms with Crippen LogP contribution < -0.4 is 0 Å². The molecule has 0 atom stereocenters. The molecule has 1 nitrogen and oxygen atoms in total. The molecular weight excluding hydrogens is 213 g/mol. The Morgan fingerprint density at radius 3 is 2.53 bits per heavy atom. The van der Waals surface area contributed by atoms with E-state index >= 15 is 0 Å². The third kappa shape index (κ3) is 3.18. The highest BCUT2D eigenvalue weighted by molar-refractivity contribution is 6.31.